The van der Waals surface area contributed by atoms with Gasteiger partial charge in [-0.2, -0.15) is 0 Å². The zero-order valence-corrected chi connectivity index (χ0v) is 7.74. The lowest BCUT2D eigenvalue weighted by molar-refractivity contribution is 0.326. The van der Waals surface area contributed by atoms with Crippen LogP contribution in [0.15, 0.2) is 30.3 Å². The summed E-state index contributed by atoms with van der Waals surface area (Å²) in [5.41, 5.74) is 8.94. The van der Waals surface area contributed by atoms with Crippen LogP contribution in [-0.4, -0.2) is 24.0 Å². The summed E-state index contributed by atoms with van der Waals surface area (Å²) in [5.74, 6) is 0. The summed E-state index contributed by atoms with van der Waals surface area (Å²) in [7, 11) is 0. The van der Waals surface area contributed by atoms with E-state index in [-0.39, 0.29) is 6.04 Å². The van der Waals surface area contributed by atoms with Crippen LogP contribution in [0.1, 0.15) is 12.0 Å². The fraction of sp³-hybridized carbons (Fsp3) is 0.455. The summed E-state index contributed by atoms with van der Waals surface area (Å²) in [5, 5.41) is 0. The van der Waals surface area contributed by atoms with Crippen molar-refractivity contribution in [2.24, 2.45) is 0 Å². The average molecular weight is 175 g/mol. The highest BCUT2D eigenvalue weighted by Crippen LogP contribution is 2.12. The molecule has 0 unspecified atom stereocenters. The predicted octanol–water partition coefficient (Wildman–Crippen LogP) is 1.54. The molecule has 69 valence electrons. The van der Waals surface area contributed by atoms with E-state index in [2.05, 4.69) is 29.2 Å². The Kier molecular flexibility index (Phi) is 2.62. The molecule has 13 heavy (non-hydrogen) atoms. The maximum atomic E-state index is 7.59. The van der Waals surface area contributed by atoms with Crippen LogP contribution in [0.5, 0.6) is 0 Å². The summed E-state index contributed by atoms with van der Waals surface area (Å²) in [6.45, 7) is 3.04. The van der Waals surface area contributed by atoms with E-state index in [1.165, 1.54) is 5.56 Å². The normalized spacial score (nSPS) is 23.6. The second-order valence-corrected chi connectivity index (χ2v) is 3.71. The van der Waals surface area contributed by atoms with Gasteiger partial charge >= 0.3 is 0 Å². The van der Waals surface area contributed by atoms with Gasteiger partial charge in [0.15, 0.2) is 0 Å². The van der Waals surface area contributed by atoms with Crippen LogP contribution in [-0.2, 0) is 6.54 Å². The first kappa shape index (κ1) is 8.73. The van der Waals surface area contributed by atoms with Crippen LogP contribution in [0.4, 0.5) is 0 Å². The first-order chi connectivity index (χ1) is 6.34. The van der Waals surface area contributed by atoms with E-state index >= 15 is 0 Å². The van der Waals surface area contributed by atoms with Crippen molar-refractivity contribution >= 4 is 0 Å². The molecule has 1 aliphatic rings. The lowest BCUT2D eigenvalue weighted by atomic mass is 10.2. The van der Waals surface area contributed by atoms with E-state index < -0.39 is 0 Å². The summed E-state index contributed by atoms with van der Waals surface area (Å²) >= 11 is 0. The lowest BCUT2D eigenvalue weighted by Gasteiger charge is -2.14. The number of hydrogen-bond donors (Lipinski definition) is 0. The molecule has 1 radical (unpaired) electrons. The molecule has 0 bridgehead atoms. The largest absolute Gasteiger partial charge is 0.297 e. The van der Waals surface area contributed by atoms with Crippen molar-refractivity contribution in [2.45, 2.75) is 19.0 Å². The molecule has 2 rings (SSSR count). The Bertz CT molecular complexity index is 258. The quantitative estimate of drug-likeness (QED) is 0.670. The Morgan fingerprint density at radius 3 is 2.69 bits per heavy atom. The molecule has 0 spiro atoms. The molecule has 2 heteroatoms. The van der Waals surface area contributed by atoms with Gasteiger partial charge in [0.1, 0.15) is 0 Å². The Balaban J connectivity index is 1.92. The van der Waals surface area contributed by atoms with Crippen LogP contribution >= 0.6 is 0 Å². The maximum Gasteiger partial charge on any atom is 0.0352 e. The van der Waals surface area contributed by atoms with Crippen LogP contribution in [0.3, 0.4) is 0 Å². The van der Waals surface area contributed by atoms with Crippen LogP contribution in [0.2, 0.25) is 0 Å². The fourth-order valence-corrected chi connectivity index (χ4v) is 1.82. The molecule has 2 nitrogen and oxygen atoms in total. The van der Waals surface area contributed by atoms with E-state index in [1.54, 1.807) is 0 Å². The number of hydrogen-bond acceptors (Lipinski definition) is 1. The Hall–Kier alpha value is -0.860. The van der Waals surface area contributed by atoms with Crippen molar-refractivity contribution in [1.29, 1.82) is 0 Å². The highest BCUT2D eigenvalue weighted by molar-refractivity contribution is 5.14. The van der Waals surface area contributed by atoms with Crippen molar-refractivity contribution in [3.63, 3.8) is 0 Å². The molecule has 0 aromatic heterocycles. The molecule has 1 aliphatic heterocycles. The highest BCUT2D eigenvalue weighted by Gasteiger charge is 2.18. The molecule has 1 atom stereocenters. The van der Waals surface area contributed by atoms with Crippen LogP contribution in [0.25, 0.3) is 0 Å². The summed E-state index contributed by atoms with van der Waals surface area (Å²) < 4.78 is 0. The third-order valence-electron chi connectivity index (χ3n) is 2.52. The molecule has 1 aromatic carbocycles. The minimum absolute atomic E-state index is 0.142. The van der Waals surface area contributed by atoms with Crippen LogP contribution < -0.4 is 5.73 Å². The van der Waals surface area contributed by atoms with Crippen molar-refractivity contribution < 1.29 is 0 Å². The molecular weight excluding hydrogens is 160 g/mol. The van der Waals surface area contributed by atoms with Gasteiger partial charge in [-0.25, -0.2) is 0 Å². The van der Waals surface area contributed by atoms with Crippen molar-refractivity contribution in [3.05, 3.63) is 35.9 Å². The fourth-order valence-electron chi connectivity index (χ4n) is 1.82. The number of nitrogens with zero attached hydrogens (tertiary/aromatic N) is 1. The monoisotopic (exact) mass is 175 g/mol. The summed E-state index contributed by atoms with van der Waals surface area (Å²) in [6, 6.07) is 10.6. The molecule has 1 aromatic rings. The summed E-state index contributed by atoms with van der Waals surface area (Å²) in [4.78, 5) is 2.35. The predicted molar refractivity (Wildman–Crippen MR) is 53.2 cm³/mol. The topological polar surface area (TPSA) is 27.0 Å². The van der Waals surface area contributed by atoms with Gasteiger partial charge in [0.25, 0.3) is 0 Å². The van der Waals surface area contributed by atoms with Gasteiger partial charge in [-0.05, 0) is 12.0 Å². The van der Waals surface area contributed by atoms with Crippen molar-refractivity contribution in [3.8, 4) is 0 Å². The van der Waals surface area contributed by atoms with E-state index in [9.17, 15) is 0 Å². The average Bonchev–Trinajstić information content (AvgIpc) is 2.53. The Morgan fingerprint density at radius 2 is 2.08 bits per heavy atom. The second-order valence-electron chi connectivity index (χ2n) is 3.71. The number of rotatable bonds is 2. The van der Waals surface area contributed by atoms with E-state index in [4.69, 9.17) is 5.73 Å². The zero-order valence-electron chi connectivity index (χ0n) is 7.74. The molecule has 1 fully saturated rings. The van der Waals surface area contributed by atoms with Gasteiger partial charge in [0, 0.05) is 25.7 Å². The van der Waals surface area contributed by atoms with Gasteiger partial charge in [-0.15, -0.1) is 0 Å². The lowest BCUT2D eigenvalue weighted by Crippen LogP contribution is -2.21. The Morgan fingerprint density at radius 1 is 1.31 bits per heavy atom. The molecule has 0 aliphatic carbocycles. The first-order valence-electron chi connectivity index (χ1n) is 4.82. The summed E-state index contributed by atoms with van der Waals surface area (Å²) in [6.07, 6.45) is 1.03. The van der Waals surface area contributed by atoms with Gasteiger partial charge in [0.05, 0.1) is 0 Å². The third kappa shape index (κ3) is 2.29. The van der Waals surface area contributed by atoms with E-state index in [0.29, 0.717) is 0 Å². The van der Waals surface area contributed by atoms with Gasteiger partial charge < -0.3 is 0 Å². The molecule has 1 heterocycles. The number of likely N-dealkylation sites (tertiary alicyclic amines) is 1. The van der Waals surface area contributed by atoms with Gasteiger partial charge in [0.2, 0.25) is 0 Å². The minimum Gasteiger partial charge on any atom is -0.297 e. The van der Waals surface area contributed by atoms with E-state index in [0.717, 1.165) is 26.1 Å². The number of nitrogens with one attached hydrogen (secondary N) is 1. The standard InChI is InChI=1S/C11H15N2/c12-11-6-7-13(9-11)8-10-4-2-1-3-5-10/h1-5,11-12H,6-9H2/t11-/m1/s1. The van der Waals surface area contributed by atoms with Crippen LogP contribution in [0, 0.1) is 0 Å². The number of benzene rings is 1. The van der Waals surface area contributed by atoms with Gasteiger partial charge in [-0.3, -0.25) is 10.6 Å². The Labute approximate surface area is 79.4 Å². The third-order valence-corrected chi connectivity index (χ3v) is 2.52. The smallest absolute Gasteiger partial charge is 0.0352 e. The highest BCUT2D eigenvalue weighted by atomic mass is 15.2. The van der Waals surface area contributed by atoms with Crippen molar-refractivity contribution in [1.82, 2.24) is 10.6 Å². The van der Waals surface area contributed by atoms with E-state index in [1.807, 2.05) is 6.07 Å². The molecular formula is C11H15N2. The molecule has 0 saturated carbocycles. The zero-order chi connectivity index (χ0) is 9.10. The molecule has 0 amide bonds. The SMILES string of the molecule is [NH][C@@H]1CCN(Cc2ccccc2)C1. The van der Waals surface area contributed by atoms with Crippen molar-refractivity contribution in [2.75, 3.05) is 13.1 Å². The molecule has 1 saturated heterocycles. The second kappa shape index (κ2) is 3.90. The minimum atomic E-state index is 0.142. The first-order valence-corrected chi connectivity index (χ1v) is 4.82. The maximum absolute atomic E-state index is 7.59. The van der Waals surface area contributed by atoms with Gasteiger partial charge in [-0.1, -0.05) is 30.3 Å². The molecule has 1 N–H and O–H groups in total.